The van der Waals surface area contributed by atoms with Crippen molar-refractivity contribution in [2.24, 2.45) is 0 Å². The Bertz CT molecular complexity index is 466. The Morgan fingerprint density at radius 1 is 1.41 bits per heavy atom. The van der Waals surface area contributed by atoms with Crippen LogP contribution >= 0.6 is 27.3 Å². The highest BCUT2D eigenvalue weighted by Crippen LogP contribution is 2.24. The van der Waals surface area contributed by atoms with Gasteiger partial charge in [0.05, 0.1) is 0 Å². The van der Waals surface area contributed by atoms with Crippen molar-refractivity contribution in [1.82, 2.24) is 4.72 Å². The highest BCUT2D eigenvalue weighted by molar-refractivity contribution is 9.09. The van der Waals surface area contributed by atoms with E-state index in [-0.39, 0.29) is 0 Å². The van der Waals surface area contributed by atoms with E-state index in [0.717, 1.165) is 23.0 Å². The van der Waals surface area contributed by atoms with E-state index in [1.807, 2.05) is 26.8 Å². The summed E-state index contributed by atoms with van der Waals surface area (Å²) in [6.45, 7) is 5.80. The molecule has 3 nitrogen and oxygen atoms in total. The first-order valence-corrected chi connectivity index (χ1v) is 8.91. The summed E-state index contributed by atoms with van der Waals surface area (Å²) in [7, 11) is -3.38. The van der Waals surface area contributed by atoms with Gasteiger partial charge in [0.25, 0.3) is 10.0 Å². The summed E-state index contributed by atoms with van der Waals surface area (Å²) in [5.41, 5.74) is -0.432. The van der Waals surface area contributed by atoms with Crippen LogP contribution in [-0.2, 0) is 16.4 Å². The van der Waals surface area contributed by atoms with E-state index in [1.165, 1.54) is 11.3 Å². The second-order valence-electron chi connectivity index (χ2n) is 4.50. The SMILES string of the molecule is CCc1ccc(S(=O)(=O)NC(C)(C)CCBr)s1. The molecule has 0 radical (unpaired) electrons. The molecule has 0 saturated carbocycles. The third kappa shape index (κ3) is 4.35. The summed E-state index contributed by atoms with van der Waals surface area (Å²) in [6, 6.07) is 3.55. The molecule has 17 heavy (non-hydrogen) atoms. The van der Waals surface area contributed by atoms with Gasteiger partial charge in [-0.1, -0.05) is 22.9 Å². The van der Waals surface area contributed by atoms with Crippen LogP contribution in [0.3, 0.4) is 0 Å². The number of hydrogen-bond donors (Lipinski definition) is 1. The molecule has 1 aromatic rings. The number of alkyl halides is 1. The van der Waals surface area contributed by atoms with Crippen LogP contribution in [0.2, 0.25) is 0 Å². The average molecular weight is 340 g/mol. The molecule has 1 heterocycles. The van der Waals surface area contributed by atoms with Crippen molar-refractivity contribution < 1.29 is 8.42 Å². The maximum Gasteiger partial charge on any atom is 0.250 e. The Labute approximate surface area is 116 Å². The molecule has 0 aliphatic heterocycles. The van der Waals surface area contributed by atoms with E-state index in [1.54, 1.807) is 6.07 Å². The predicted octanol–water partition coefficient (Wildman–Crippen LogP) is 3.15. The van der Waals surface area contributed by atoms with Gasteiger partial charge in [0.15, 0.2) is 0 Å². The summed E-state index contributed by atoms with van der Waals surface area (Å²) >= 11 is 4.67. The number of nitrogens with one attached hydrogen (secondary N) is 1. The lowest BCUT2D eigenvalue weighted by atomic mass is 10.0. The first-order valence-electron chi connectivity index (χ1n) is 5.49. The number of halogens is 1. The highest BCUT2D eigenvalue weighted by Gasteiger charge is 2.26. The van der Waals surface area contributed by atoms with Crippen LogP contribution < -0.4 is 4.72 Å². The molecule has 0 aliphatic rings. The van der Waals surface area contributed by atoms with Crippen LogP contribution in [0, 0.1) is 0 Å². The first-order chi connectivity index (χ1) is 7.80. The second kappa shape index (κ2) is 5.82. The molecular formula is C11H18BrNO2S2. The monoisotopic (exact) mass is 339 g/mol. The summed E-state index contributed by atoms with van der Waals surface area (Å²) in [6.07, 6.45) is 1.61. The highest BCUT2D eigenvalue weighted by atomic mass is 79.9. The lowest BCUT2D eigenvalue weighted by molar-refractivity contribution is 0.444. The summed E-state index contributed by atoms with van der Waals surface area (Å²) < 4.78 is 27.4. The Morgan fingerprint density at radius 3 is 2.53 bits per heavy atom. The molecule has 6 heteroatoms. The van der Waals surface area contributed by atoms with Crippen molar-refractivity contribution in [1.29, 1.82) is 0 Å². The van der Waals surface area contributed by atoms with Crippen molar-refractivity contribution in [3.8, 4) is 0 Å². The third-order valence-corrected chi connectivity index (χ3v) is 6.20. The molecule has 1 rings (SSSR count). The minimum Gasteiger partial charge on any atom is -0.206 e. The molecule has 1 aromatic heterocycles. The normalized spacial score (nSPS) is 12.9. The van der Waals surface area contributed by atoms with E-state index in [9.17, 15) is 8.42 Å². The third-order valence-electron chi connectivity index (χ3n) is 2.38. The van der Waals surface area contributed by atoms with Crippen molar-refractivity contribution in [2.45, 2.75) is 43.4 Å². The molecule has 0 bridgehead atoms. The van der Waals surface area contributed by atoms with Crippen LogP contribution in [0.4, 0.5) is 0 Å². The van der Waals surface area contributed by atoms with Gasteiger partial charge in [0.2, 0.25) is 0 Å². The molecule has 0 spiro atoms. The molecule has 0 fully saturated rings. The van der Waals surface area contributed by atoms with Gasteiger partial charge < -0.3 is 0 Å². The van der Waals surface area contributed by atoms with Crippen molar-refractivity contribution in [2.75, 3.05) is 5.33 Å². The van der Waals surface area contributed by atoms with E-state index >= 15 is 0 Å². The van der Waals surface area contributed by atoms with Gasteiger partial charge in [-0.05, 0) is 38.8 Å². The fraction of sp³-hybridized carbons (Fsp3) is 0.636. The van der Waals surface area contributed by atoms with Crippen LogP contribution in [-0.4, -0.2) is 19.3 Å². The van der Waals surface area contributed by atoms with Crippen LogP contribution in [0.5, 0.6) is 0 Å². The molecular weight excluding hydrogens is 322 g/mol. The topological polar surface area (TPSA) is 46.2 Å². The zero-order valence-corrected chi connectivity index (χ0v) is 13.5. The first kappa shape index (κ1) is 15.1. The lowest BCUT2D eigenvalue weighted by Gasteiger charge is -2.24. The summed E-state index contributed by atoms with van der Waals surface area (Å²) in [5, 5.41) is 0.771. The summed E-state index contributed by atoms with van der Waals surface area (Å²) in [4.78, 5) is 1.09. The van der Waals surface area contributed by atoms with E-state index in [4.69, 9.17) is 0 Å². The van der Waals surface area contributed by atoms with Crippen molar-refractivity contribution >= 4 is 37.3 Å². The van der Waals surface area contributed by atoms with Gasteiger partial charge in [-0.15, -0.1) is 11.3 Å². The van der Waals surface area contributed by atoms with Gasteiger partial charge in [-0.25, -0.2) is 13.1 Å². The Morgan fingerprint density at radius 2 is 2.06 bits per heavy atom. The zero-order valence-electron chi connectivity index (χ0n) is 10.3. The van der Waals surface area contributed by atoms with Crippen molar-refractivity contribution in [3.05, 3.63) is 17.0 Å². The number of thiophene rings is 1. The lowest BCUT2D eigenvalue weighted by Crippen LogP contribution is -2.43. The average Bonchev–Trinajstić information content (AvgIpc) is 2.64. The van der Waals surface area contributed by atoms with Gasteiger partial charge >= 0.3 is 0 Å². The fourth-order valence-corrected chi connectivity index (χ4v) is 5.12. The molecule has 0 saturated heterocycles. The van der Waals surface area contributed by atoms with Crippen LogP contribution in [0.1, 0.15) is 32.1 Å². The molecule has 98 valence electrons. The van der Waals surface area contributed by atoms with Crippen LogP contribution in [0.15, 0.2) is 16.3 Å². The number of sulfonamides is 1. The molecule has 1 N–H and O–H groups in total. The predicted molar refractivity (Wildman–Crippen MR) is 76.5 cm³/mol. The second-order valence-corrected chi connectivity index (χ2v) is 8.37. The standard InChI is InChI=1S/C11H18BrNO2S2/c1-4-9-5-6-10(16-9)17(14,15)13-11(2,3)7-8-12/h5-6,13H,4,7-8H2,1-3H3. The largest absolute Gasteiger partial charge is 0.250 e. The molecule has 0 amide bonds. The maximum atomic E-state index is 12.1. The smallest absolute Gasteiger partial charge is 0.206 e. The Hall–Kier alpha value is 0.0900. The molecule has 0 unspecified atom stereocenters. The Balaban J connectivity index is 2.88. The van der Waals surface area contributed by atoms with Gasteiger partial charge in [-0.3, -0.25) is 0 Å². The number of rotatable bonds is 6. The Kier molecular flexibility index (Phi) is 5.19. The maximum absolute atomic E-state index is 12.1. The van der Waals surface area contributed by atoms with Gasteiger partial charge in [0.1, 0.15) is 4.21 Å². The number of aryl methyl sites for hydroxylation is 1. The van der Waals surface area contributed by atoms with E-state index in [2.05, 4.69) is 20.7 Å². The fourth-order valence-electron chi connectivity index (χ4n) is 1.39. The zero-order chi connectivity index (χ0) is 13.1. The minimum absolute atomic E-state index is 0.400. The minimum atomic E-state index is -3.38. The van der Waals surface area contributed by atoms with Gasteiger partial charge in [-0.2, -0.15) is 0 Å². The molecule has 0 aliphatic carbocycles. The van der Waals surface area contributed by atoms with E-state index < -0.39 is 15.6 Å². The van der Waals surface area contributed by atoms with Gasteiger partial charge in [0, 0.05) is 15.7 Å². The molecule has 0 atom stereocenters. The quantitative estimate of drug-likeness (QED) is 0.809. The van der Waals surface area contributed by atoms with Crippen LogP contribution in [0.25, 0.3) is 0 Å². The van der Waals surface area contributed by atoms with E-state index in [0.29, 0.717) is 4.21 Å². The summed E-state index contributed by atoms with van der Waals surface area (Å²) in [5.74, 6) is 0. The number of hydrogen-bond acceptors (Lipinski definition) is 3. The van der Waals surface area contributed by atoms with Crippen molar-refractivity contribution in [3.63, 3.8) is 0 Å². The molecule has 0 aromatic carbocycles.